The number of ether oxygens (including phenoxy) is 1. The lowest BCUT2D eigenvalue weighted by Gasteiger charge is -2.19. The average molecular weight is 425 g/mol. The molecule has 0 saturated carbocycles. The van der Waals surface area contributed by atoms with Crippen molar-refractivity contribution in [2.24, 2.45) is 0 Å². The maximum absolute atomic E-state index is 12.7. The lowest BCUT2D eigenvalue weighted by atomic mass is 10.2. The van der Waals surface area contributed by atoms with Crippen LogP contribution in [0.15, 0.2) is 47.4 Å². The van der Waals surface area contributed by atoms with Crippen molar-refractivity contribution in [3.05, 3.63) is 58.6 Å². The Morgan fingerprint density at radius 1 is 1.14 bits per heavy atom. The molecule has 0 radical (unpaired) electrons. The van der Waals surface area contributed by atoms with E-state index in [1.165, 1.54) is 22.5 Å². The van der Waals surface area contributed by atoms with Gasteiger partial charge in [0.25, 0.3) is 5.91 Å². The third-order valence-electron chi connectivity index (χ3n) is 4.26. The minimum Gasteiger partial charge on any atom is -0.491 e. The van der Waals surface area contributed by atoms with Crippen LogP contribution in [-0.4, -0.2) is 44.9 Å². The van der Waals surface area contributed by atoms with Gasteiger partial charge in [-0.05, 0) is 36.8 Å². The molecule has 0 aliphatic rings. The van der Waals surface area contributed by atoms with Crippen LogP contribution in [0.3, 0.4) is 0 Å². The van der Waals surface area contributed by atoms with E-state index in [2.05, 4.69) is 5.32 Å². The largest absolute Gasteiger partial charge is 0.491 e. The lowest BCUT2D eigenvalue weighted by molar-refractivity contribution is 0.0946. The van der Waals surface area contributed by atoms with Crippen LogP contribution in [-0.2, 0) is 10.0 Å². The summed E-state index contributed by atoms with van der Waals surface area (Å²) in [5, 5.41) is 2.82. The monoisotopic (exact) mass is 424 g/mol. The number of sulfonamides is 1. The van der Waals surface area contributed by atoms with Crippen molar-refractivity contribution in [2.75, 3.05) is 26.2 Å². The summed E-state index contributed by atoms with van der Waals surface area (Å²) in [7, 11) is -3.76. The zero-order valence-corrected chi connectivity index (χ0v) is 17.8. The number of hydrogen-bond acceptors (Lipinski definition) is 4. The molecule has 2 aromatic carbocycles. The van der Waals surface area contributed by atoms with Crippen LogP contribution in [0.4, 0.5) is 0 Å². The number of nitrogens with one attached hydrogen (secondary N) is 1. The molecule has 0 spiro atoms. The molecule has 0 saturated heterocycles. The van der Waals surface area contributed by atoms with E-state index in [0.717, 1.165) is 11.3 Å². The van der Waals surface area contributed by atoms with Crippen LogP contribution in [0.5, 0.6) is 5.75 Å². The van der Waals surface area contributed by atoms with Crippen LogP contribution in [0.1, 0.15) is 29.8 Å². The van der Waals surface area contributed by atoms with Gasteiger partial charge in [-0.15, -0.1) is 0 Å². The Morgan fingerprint density at radius 2 is 1.82 bits per heavy atom. The number of hydrogen-bond donors (Lipinski definition) is 1. The van der Waals surface area contributed by atoms with E-state index in [1.54, 1.807) is 13.8 Å². The van der Waals surface area contributed by atoms with Crippen LogP contribution >= 0.6 is 11.6 Å². The molecule has 1 amide bonds. The molecule has 8 heteroatoms. The summed E-state index contributed by atoms with van der Waals surface area (Å²) >= 11 is 6.10. The highest BCUT2D eigenvalue weighted by Gasteiger charge is 2.25. The second kappa shape index (κ2) is 9.91. The molecule has 2 aromatic rings. The third kappa shape index (κ3) is 5.25. The van der Waals surface area contributed by atoms with Gasteiger partial charge in [-0.3, -0.25) is 4.79 Å². The predicted octanol–water partition coefficient (Wildman–Crippen LogP) is 3.49. The number of amides is 1. The van der Waals surface area contributed by atoms with Gasteiger partial charge in [0.1, 0.15) is 17.3 Å². The molecule has 0 aliphatic heterocycles. The van der Waals surface area contributed by atoms with Crippen LogP contribution in [0.25, 0.3) is 0 Å². The van der Waals surface area contributed by atoms with E-state index in [0.29, 0.717) is 19.7 Å². The molecular weight excluding hydrogens is 400 g/mol. The molecule has 0 heterocycles. The van der Waals surface area contributed by atoms with Gasteiger partial charge in [0.05, 0.1) is 11.6 Å². The van der Waals surface area contributed by atoms with Gasteiger partial charge in [-0.2, -0.15) is 4.31 Å². The van der Waals surface area contributed by atoms with Gasteiger partial charge in [-0.1, -0.05) is 43.6 Å². The number of nitrogens with zero attached hydrogens (tertiary/aromatic N) is 1. The molecule has 0 bridgehead atoms. The maximum atomic E-state index is 12.7. The number of aryl methyl sites for hydroxylation is 1. The molecule has 2 rings (SSSR count). The number of halogens is 1. The number of benzene rings is 2. The van der Waals surface area contributed by atoms with Gasteiger partial charge in [0, 0.05) is 18.7 Å². The topological polar surface area (TPSA) is 75.7 Å². The fraction of sp³-hybridized carbons (Fsp3) is 0.350. The molecule has 28 heavy (non-hydrogen) atoms. The van der Waals surface area contributed by atoms with E-state index in [1.807, 2.05) is 31.2 Å². The zero-order chi connectivity index (χ0) is 20.7. The number of carbonyl (C=O) groups excluding carboxylic acids is 1. The van der Waals surface area contributed by atoms with E-state index in [4.69, 9.17) is 16.3 Å². The summed E-state index contributed by atoms with van der Waals surface area (Å²) < 4.78 is 32.4. The first-order chi connectivity index (χ1) is 13.3. The first-order valence-corrected chi connectivity index (χ1v) is 10.9. The summed E-state index contributed by atoms with van der Waals surface area (Å²) in [5.41, 5.74) is 1.24. The fourth-order valence-electron chi connectivity index (χ4n) is 2.69. The van der Waals surface area contributed by atoms with Gasteiger partial charge in [-0.25, -0.2) is 8.42 Å². The Bertz CT molecular complexity index is 928. The van der Waals surface area contributed by atoms with Gasteiger partial charge in [0.2, 0.25) is 10.0 Å². The molecular formula is C20H25ClN2O4S. The smallest absolute Gasteiger partial charge is 0.251 e. The number of para-hydroxylation sites is 1. The lowest BCUT2D eigenvalue weighted by Crippen LogP contribution is -2.31. The SMILES string of the molecule is CCN(CC)S(=O)(=O)c1cc(C(=O)NCCOc2ccccc2C)ccc1Cl. The van der Waals surface area contributed by atoms with Crippen LogP contribution < -0.4 is 10.1 Å². The molecule has 0 fully saturated rings. The van der Waals surface area contributed by atoms with Crippen molar-refractivity contribution < 1.29 is 17.9 Å². The number of carbonyl (C=O) groups is 1. The van der Waals surface area contributed by atoms with Gasteiger partial charge >= 0.3 is 0 Å². The minimum atomic E-state index is -3.76. The highest BCUT2D eigenvalue weighted by Crippen LogP contribution is 2.26. The summed E-state index contributed by atoms with van der Waals surface area (Å²) in [5.74, 6) is 0.372. The second-order valence-electron chi connectivity index (χ2n) is 6.10. The van der Waals surface area contributed by atoms with Crippen molar-refractivity contribution in [1.29, 1.82) is 0 Å². The molecule has 0 aromatic heterocycles. The summed E-state index contributed by atoms with van der Waals surface area (Å²) in [6.45, 7) is 6.67. The van der Waals surface area contributed by atoms with E-state index in [9.17, 15) is 13.2 Å². The van der Waals surface area contributed by atoms with E-state index in [-0.39, 0.29) is 27.9 Å². The second-order valence-corrected chi connectivity index (χ2v) is 8.42. The average Bonchev–Trinajstić information content (AvgIpc) is 2.67. The standard InChI is InChI=1S/C20H25ClN2O4S/c1-4-23(5-2)28(25,26)19-14-16(10-11-17(19)21)20(24)22-12-13-27-18-9-7-6-8-15(18)3/h6-11,14H,4-5,12-13H2,1-3H3,(H,22,24). The van der Waals surface area contributed by atoms with Crippen molar-refractivity contribution in [3.63, 3.8) is 0 Å². The first kappa shape index (κ1) is 22.2. The Morgan fingerprint density at radius 3 is 2.46 bits per heavy atom. The van der Waals surface area contributed by atoms with Crippen molar-refractivity contribution in [1.82, 2.24) is 9.62 Å². The zero-order valence-electron chi connectivity index (χ0n) is 16.2. The molecule has 1 N–H and O–H groups in total. The predicted molar refractivity (Wildman–Crippen MR) is 111 cm³/mol. The van der Waals surface area contributed by atoms with E-state index >= 15 is 0 Å². The Hall–Kier alpha value is -2.09. The fourth-order valence-corrected chi connectivity index (χ4v) is 4.65. The number of rotatable bonds is 9. The molecule has 0 aliphatic carbocycles. The maximum Gasteiger partial charge on any atom is 0.251 e. The highest BCUT2D eigenvalue weighted by molar-refractivity contribution is 7.89. The molecule has 6 nitrogen and oxygen atoms in total. The van der Waals surface area contributed by atoms with E-state index < -0.39 is 10.0 Å². The van der Waals surface area contributed by atoms with Crippen molar-refractivity contribution in [2.45, 2.75) is 25.7 Å². The molecule has 0 atom stereocenters. The van der Waals surface area contributed by atoms with Crippen LogP contribution in [0.2, 0.25) is 5.02 Å². The summed E-state index contributed by atoms with van der Waals surface area (Å²) in [6, 6.07) is 11.9. The molecule has 152 valence electrons. The Balaban J connectivity index is 2.05. The highest BCUT2D eigenvalue weighted by atomic mass is 35.5. The Labute approximate surface area is 171 Å². The van der Waals surface area contributed by atoms with Gasteiger partial charge in [0.15, 0.2) is 0 Å². The van der Waals surface area contributed by atoms with Crippen molar-refractivity contribution in [3.8, 4) is 5.75 Å². The quantitative estimate of drug-likeness (QED) is 0.625. The van der Waals surface area contributed by atoms with Crippen LogP contribution in [0, 0.1) is 6.92 Å². The third-order valence-corrected chi connectivity index (χ3v) is 6.79. The normalized spacial score (nSPS) is 11.5. The molecule has 0 unspecified atom stereocenters. The first-order valence-electron chi connectivity index (χ1n) is 9.07. The van der Waals surface area contributed by atoms with Gasteiger partial charge < -0.3 is 10.1 Å². The minimum absolute atomic E-state index is 0.0679. The Kier molecular flexibility index (Phi) is 7.86. The summed E-state index contributed by atoms with van der Waals surface area (Å²) in [6.07, 6.45) is 0. The summed E-state index contributed by atoms with van der Waals surface area (Å²) in [4.78, 5) is 12.3. The van der Waals surface area contributed by atoms with Crippen molar-refractivity contribution >= 4 is 27.5 Å².